The maximum atomic E-state index is 10.2. The highest BCUT2D eigenvalue weighted by Gasteiger charge is 2.18. The van der Waals surface area contributed by atoms with E-state index in [1.54, 1.807) is 6.07 Å². The normalized spacial score (nSPS) is 18.4. The summed E-state index contributed by atoms with van der Waals surface area (Å²) in [5.41, 5.74) is 2.09. The second-order valence-corrected chi connectivity index (χ2v) is 5.50. The number of piperidine rings is 1. The first-order valence-corrected chi connectivity index (χ1v) is 7.56. The fourth-order valence-corrected chi connectivity index (χ4v) is 2.77. The van der Waals surface area contributed by atoms with Crippen LogP contribution in [0.25, 0.3) is 0 Å². The number of hydrogen-bond donors (Lipinski definition) is 2. The molecule has 1 heterocycles. The Morgan fingerprint density at radius 2 is 1.95 bits per heavy atom. The quantitative estimate of drug-likeness (QED) is 0.897. The molecule has 2 aromatic carbocycles. The molecule has 21 heavy (non-hydrogen) atoms. The molecule has 0 aliphatic carbocycles. The number of aromatic hydroxyl groups is 1. The minimum Gasteiger partial charge on any atom is -0.507 e. The third-order valence-corrected chi connectivity index (χ3v) is 3.94. The van der Waals surface area contributed by atoms with Gasteiger partial charge in [0.2, 0.25) is 0 Å². The number of rotatable bonds is 4. The van der Waals surface area contributed by atoms with E-state index in [4.69, 9.17) is 4.74 Å². The topological polar surface area (TPSA) is 41.5 Å². The molecule has 0 radical (unpaired) electrons. The average Bonchev–Trinajstić information content (AvgIpc) is 2.55. The predicted molar refractivity (Wildman–Crippen MR) is 83.5 cm³/mol. The molecule has 1 aliphatic rings. The lowest BCUT2D eigenvalue weighted by atomic mass is 9.97. The first-order chi connectivity index (χ1) is 10.3. The Hall–Kier alpha value is -2.00. The van der Waals surface area contributed by atoms with Gasteiger partial charge in [-0.05, 0) is 31.0 Å². The van der Waals surface area contributed by atoms with Crippen LogP contribution < -0.4 is 10.1 Å². The molecule has 2 aromatic rings. The maximum Gasteiger partial charge on any atom is 0.124 e. The average molecular weight is 283 g/mol. The van der Waals surface area contributed by atoms with Crippen LogP contribution in [0.4, 0.5) is 0 Å². The van der Waals surface area contributed by atoms with Crippen molar-refractivity contribution in [1.29, 1.82) is 0 Å². The van der Waals surface area contributed by atoms with E-state index >= 15 is 0 Å². The van der Waals surface area contributed by atoms with Crippen molar-refractivity contribution in [1.82, 2.24) is 5.32 Å². The van der Waals surface area contributed by atoms with Crippen molar-refractivity contribution in [3.05, 3.63) is 59.7 Å². The zero-order valence-electron chi connectivity index (χ0n) is 12.1. The number of hydrogen-bond acceptors (Lipinski definition) is 3. The molecule has 1 atom stereocenters. The Kier molecular flexibility index (Phi) is 4.41. The molecule has 3 rings (SSSR count). The Morgan fingerprint density at radius 3 is 2.67 bits per heavy atom. The molecular weight excluding hydrogens is 262 g/mol. The molecule has 1 saturated heterocycles. The van der Waals surface area contributed by atoms with Gasteiger partial charge in [0.15, 0.2) is 0 Å². The molecular formula is C18H21NO2. The zero-order valence-corrected chi connectivity index (χ0v) is 12.1. The molecule has 0 saturated carbocycles. The SMILES string of the molecule is Oc1cc(OCc2ccccc2)ccc1[C@H]1CCCCN1. The van der Waals surface area contributed by atoms with E-state index in [1.165, 1.54) is 12.8 Å². The number of nitrogens with one attached hydrogen (secondary N) is 1. The third kappa shape index (κ3) is 3.56. The Bertz CT molecular complexity index is 577. The first-order valence-electron chi connectivity index (χ1n) is 7.56. The fourth-order valence-electron chi connectivity index (χ4n) is 2.77. The molecule has 0 spiro atoms. The lowest BCUT2D eigenvalue weighted by molar-refractivity contribution is 0.303. The van der Waals surface area contributed by atoms with Gasteiger partial charge in [-0.1, -0.05) is 42.8 Å². The van der Waals surface area contributed by atoms with Gasteiger partial charge in [-0.3, -0.25) is 0 Å². The molecule has 0 aromatic heterocycles. The second kappa shape index (κ2) is 6.64. The van der Waals surface area contributed by atoms with Crippen molar-refractivity contribution in [2.24, 2.45) is 0 Å². The van der Waals surface area contributed by atoms with Crippen molar-refractivity contribution in [2.75, 3.05) is 6.54 Å². The van der Waals surface area contributed by atoms with Crippen LogP contribution in [0.2, 0.25) is 0 Å². The van der Waals surface area contributed by atoms with Crippen LogP contribution in [-0.2, 0) is 6.61 Å². The van der Waals surface area contributed by atoms with Gasteiger partial charge in [-0.25, -0.2) is 0 Å². The lowest BCUT2D eigenvalue weighted by Gasteiger charge is -2.24. The van der Waals surface area contributed by atoms with Crippen LogP contribution in [0.3, 0.4) is 0 Å². The Morgan fingerprint density at radius 1 is 1.10 bits per heavy atom. The highest BCUT2D eigenvalue weighted by Crippen LogP contribution is 2.32. The summed E-state index contributed by atoms with van der Waals surface area (Å²) >= 11 is 0. The summed E-state index contributed by atoms with van der Waals surface area (Å²) in [6.45, 7) is 1.54. The van der Waals surface area contributed by atoms with Gasteiger partial charge in [0.1, 0.15) is 18.1 Å². The molecule has 1 aliphatic heterocycles. The molecule has 3 heteroatoms. The van der Waals surface area contributed by atoms with Crippen LogP contribution in [0, 0.1) is 0 Å². The van der Waals surface area contributed by atoms with E-state index in [1.807, 2.05) is 42.5 Å². The van der Waals surface area contributed by atoms with Crippen LogP contribution in [0.5, 0.6) is 11.5 Å². The Labute approximate surface area is 125 Å². The van der Waals surface area contributed by atoms with Crippen molar-refractivity contribution in [2.45, 2.75) is 31.9 Å². The highest BCUT2D eigenvalue weighted by atomic mass is 16.5. The number of phenols is 1. The molecule has 2 N–H and O–H groups in total. The standard InChI is InChI=1S/C18H21NO2/c20-18-12-15(21-13-14-6-2-1-3-7-14)9-10-16(18)17-8-4-5-11-19-17/h1-3,6-7,9-10,12,17,19-20H,4-5,8,11,13H2/t17-/m1/s1. The van der Waals surface area contributed by atoms with Crippen LogP contribution in [-0.4, -0.2) is 11.7 Å². The van der Waals surface area contributed by atoms with Crippen molar-refractivity contribution in [3.8, 4) is 11.5 Å². The summed E-state index contributed by atoms with van der Waals surface area (Å²) in [5.74, 6) is 1.02. The van der Waals surface area contributed by atoms with Crippen molar-refractivity contribution < 1.29 is 9.84 Å². The van der Waals surface area contributed by atoms with E-state index in [-0.39, 0.29) is 6.04 Å². The van der Waals surface area contributed by atoms with Crippen LogP contribution >= 0.6 is 0 Å². The van der Waals surface area contributed by atoms with E-state index in [0.29, 0.717) is 18.1 Å². The first kappa shape index (κ1) is 14.0. The number of ether oxygens (including phenoxy) is 1. The molecule has 0 amide bonds. The summed E-state index contributed by atoms with van der Waals surface area (Å²) in [7, 11) is 0. The zero-order chi connectivity index (χ0) is 14.5. The number of benzene rings is 2. The van der Waals surface area contributed by atoms with E-state index in [0.717, 1.165) is 24.1 Å². The van der Waals surface area contributed by atoms with E-state index < -0.39 is 0 Å². The van der Waals surface area contributed by atoms with Crippen LogP contribution in [0.1, 0.15) is 36.4 Å². The smallest absolute Gasteiger partial charge is 0.124 e. The highest BCUT2D eigenvalue weighted by molar-refractivity contribution is 5.41. The summed E-state index contributed by atoms with van der Waals surface area (Å²) < 4.78 is 5.73. The molecule has 0 bridgehead atoms. The minimum absolute atomic E-state index is 0.266. The summed E-state index contributed by atoms with van der Waals surface area (Å²) in [4.78, 5) is 0. The molecule has 110 valence electrons. The molecule has 3 nitrogen and oxygen atoms in total. The number of phenolic OH excluding ortho intramolecular Hbond substituents is 1. The van der Waals surface area contributed by atoms with Gasteiger partial charge in [0, 0.05) is 17.7 Å². The van der Waals surface area contributed by atoms with Crippen molar-refractivity contribution in [3.63, 3.8) is 0 Å². The Balaban J connectivity index is 1.66. The van der Waals surface area contributed by atoms with Crippen LogP contribution in [0.15, 0.2) is 48.5 Å². The maximum absolute atomic E-state index is 10.2. The summed E-state index contributed by atoms with van der Waals surface area (Å²) in [6, 6.07) is 15.9. The molecule has 0 unspecified atom stereocenters. The largest absolute Gasteiger partial charge is 0.507 e. The van der Waals surface area contributed by atoms with Gasteiger partial charge < -0.3 is 15.2 Å². The van der Waals surface area contributed by atoms with Gasteiger partial charge in [-0.2, -0.15) is 0 Å². The molecule has 1 fully saturated rings. The summed E-state index contributed by atoms with van der Waals surface area (Å²) in [6.07, 6.45) is 3.51. The third-order valence-electron chi connectivity index (χ3n) is 3.94. The van der Waals surface area contributed by atoms with E-state index in [9.17, 15) is 5.11 Å². The predicted octanol–water partition coefficient (Wildman–Crippen LogP) is 3.79. The van der Waals surface area contributed by atoms with Gasteiger partial charge in [0.05, 0.1) is 0 Å². The minimum atomic E-state index is 0.266. The van der Waals surface area contributed by atoms with Gasteiger partial charge in [-0.15, -0.1) is 0 Å². The van der Waals surface area contributed by atoms with Gasteiger partial charge >= 0.3 is 0 Å². The fraction of sp³-hybridized carbons (Fsp3) is 0.333. The monoisotopic (exact) mass is 283 g/mol. The second-order valence-electron chi connectivity index (χ2n) is 5.50. The van der Waals surface area contributed by atoms with Gasteiger partial charge in [0.25, 0.3) is 0 Å². The van der Waals surface area contributed by atoms with Crippen molar-refractivity contribution >= 4 is 0 Å². The van der Waals surface area contributed by atoms with E-state index in [2.05, 4.69) is 5.32 Å². The lowest BCUT2D eigenvalue weighted by Crippen LogP contribution is -2.26. The summed E-state index contributed by atoms with van der Waals surface area (Å²) in [5, 5.41) is 13.7.